The largest absolute Gasteiger partial charge is 0.455 e. The van der Waals surface area contributed by atoms with Gasteiger partial charge >= 0.3 is 0 Å². The van der Waals surface area contributed by atoms with Gasteiger partial charge in [0.2, 0.25) is 0 Å². The highest BCUT2D eigenvalue weighted by atomic mass is 79.9. The smallest absolute Gasteiger partial charge is 0.267 e. The predicted molar refractivity (Wildman–Crippen MR) is 162 cm³/mol. The van der Waals surface area contributed by atoms with Crippen LogP contribution in [-0.2, 0) is 23.0 Å². The summed E-state index contributed by atoms with van der Waals surface area (Å²) in [5, 5.41) is 0.760. The number of furan rings is 1. The zero-order valence-corrected chi connectivity index (χ0v) is 25.0. The average Bonchev–Trinajstić information content (AvgIpc) is 3.69. The molecule has 0 bridgehead atoms. The Hall–Kier alpha value is -4.22. The van der Waals surface area contributed by atoms with E-state index in [1.165, 1.54) is 12.1 Å². The highest BCUT2D eigenvalue weighted by molar-refractivity contribution is 9.10. The van der Waals surface area contributed by atoms with E-state index in [-0.39, 0.29) is 16.4 Å². The molecule has 0 saturated heterocycles. The maximum absolute atomic E-state index is 13.2. The predicted octanol–water partition coefficient (Wildman–Crippen LogP) is 5.76. The van der Waals surface area contributed by atoms with Crippen LogP contribution in [0.15, 0.2) is 86.6 Å². The third kappa shape index (κ3) is 5.14. The Morgan fingerprint density at radius 3 is 2.48 bits per heavy atom. The van der Waals surface area contributed by atoms with Crippen molar-refractivity contribution in [2.24, 2.45) is 5.73 Å². The first-order chi connectivity index (χ1) is 20.2. The molecular formula is C31H27BrN4O5S. The van der Waals surface area contributed by atoms with Crippen LogP contribution < -0.4 is 10.5 Å². The van der Waals surface area contributed by atoms with E-state index in [1.807, 2.05) is 29.7 Å². The third-order valence-corrected chi connectivity index (χ3v) is 9.45. The summed E-state index contributed by atoms with van der Waals surface area (Å²) in [6.07, 6.45) is 2.68. The summed E-state index contributed by atoms with van der Waals surface area (Å²) in [7, 11) is -4.07. The first kappa shape index (κ1) is 27.9. The second kappa shape index (κ2) is 10.9. The number of aryl methyl sites for hydroxylation is 1. The van der Waals surface area contributed by atoms with Crippen LogP contribution in [0.3, 0.4) is 0 Å². The van der Waals surface area contributed by atoms with E-state index < -0.39 is 21.8 Å². The van der Waals surface area contributed by atoms with Crippen LogP contribution in [0, 0.1) is 0 Å². The number of carbonyl (C=O) groups excluding carboxylic acids is 2. The summed E-state index contributed by atoms with van der Waals surface area (Å²) in [5.41, 5.74) is 9.10. The molecule has 42 heavy (non-hydrogen) atoms. The summed E-state index contributed by atoms with van der Waals surface area (Å²) in [6, 6.07) is 20.0. The summed E-state index contributed by atoms with van der Waals surface area (Å²) in [5.74, 6) is 0.215. The molecule has 5 aromatic rings. The van der Waals surface area contributed by atoms with Crippen LogP contribution >= 0.6 is 15.9 Å². The Morgan fingerprint density at radius 2 is 1.79 bits per heavy atom. The second-order valence-electron chi connectivity index (χ2n) is 10.2. The van der Waals surface area contributed by atoms with Gasteiger partial charge in [-0.2, -0.15) is 0 Å². The Balaban J connectivity index is 1.35. The van der Waals surface area contributed by atoms with Crippen LogP contribution in [0.4, 0.5) is 0 Å². The molecule has 214 valence electrons. The number of carbonyl (C=O) groups is 2. The minimum absolute atomic E-state index is 0.0128. The lowest BCUT2D eigenvalue weighted by Crippen LogP contribution is -2.30. The molecule has 6 rings (SSSR count). The van der Waals surface area contributed by atoms with Crippen molar-refractivity contribution in [3.05, 3.63) is 106 Å². The van der Waals surface area contributed by atoms with E-state index in [0.29, 0.717) is 40.0 Å². The number of sulfonamides is 1. The number of halogens is 1. The molecule has 3 N–H and O–H groups in total. The lowest BCUT2D eigenvalue weighted by molar-refractivity contribution is 0.0976. The summed E-state index contributed by atoms with van der Waals surface area (Å²) >= 11 is 3.65. The summed E-state index contributed by atoms with van der Waals surface area (Å²) in [6.45, 7) is 2.40. The van der Waals surface area contributed by atoms with Crippen LogP contribution in [0.25, 0.3) is 22.3 Å². The number of hydrogen-bond donors (Lipinski definition) is 2. The normalized spacial score (nSPS) is 13.4. The number of aromatic nitrogens is 2. The van der Waals surface area contributed by atoms with Crippen molar-refractivity contribution in [1.29, 1.82) is 0 Å². The van der Waals surface area contributed by atoms with Crippen LogP contribution in [0.5, 0.6) is 0 Å². The summed E-state index contributed by atoms with van der Waals surface area (Å²) < 4.78 is 36.5. The maximum atomic E-state index is 13.2. The standard InChI is InChI=1S/C31H27BrN4O5S/c1-2-25-34-27(19-13-14-19)28(30(33)37)36(25)17-18-12-15-24-23(16-18)26(32)29(41-24)21-10-6-7-11-22(21)31(38)35-42(39,40)20-8-4-3-5-9-20/h3-12,15-16,19H,2,13-14,17H2,1H3,(H2,33,37)(H,35,38). The van der Waals surface area contributed by atoms with Gasteiger partial charge in [0.15, 0.2) is 0 Å². The van der Waals surface area contributed by atoms with Gasteiger partial charge in [0.05, 0.1) is 20.6 Å². The van der Waals surface area contributed by atoms with Crippen molar-refractivity contribution in [2.75, 3.05) is 0 Å². The molecule has 2 amide bonds. The Morgan fingerprint density at radius 1 is 1.07 bits per heavy atom. The molecule has 0 atom stereocenters. The number of rotatable bonds is 9. The number of benzene rings is 3. The van der Waals surface area contributed by atoms with Gasteiger partial charge in [-0.05, 0) is 64.7 Å². The molecular weight excluding hydrogens is 620 g/mol. The van der Waals surface area contributed by atoms with E-state index in [2.05, 4.69) is 20.7 Å². The van der Waals surface area contributed by atoms with Gasteiger partial charge in [0.1, 0.15) is 22.9 Å². The van der Waals surface area contributed by atoms with Crippen molar-refractivity contribution in [1.82, 2.24) is 14.3 Å². The fraction of sp³-hybridized carbons (Fsp3) is 0.194. The SMILES string of the molecule is CCc1nc(C2CC2)c(C(N)=O)n1Cc1ccc2oc(-c3ccccc3C(=O)NS(=O)(=O)c3ccccc3)c(Br)c2c1. The Kier molecular flexibility index (Phi) is 7.24. The van der Waals surface area contributed by atoms with Crippen LogP contribution in [-0.4, -0.2) is 29.8 Å². The molecule has 0 spiro atoms. The lowest BCUT2D eigenvalue weighted by atomic mass is 10.0. The number of hydrogen-bond acceptors (Lipinski definition) is 6. The molecule has 1 aliphatic rings. The lowest BCUT2D eigenvalue weighted by Gasteiger charge is -2.10. The summed E-state index contributed by atoms with van der Waals surface area (Å²) in [4.78, 5) is 30.4. The molecule has 2 heterocycles. The molecule has 11 heteroatoms. The Bertz CT molecular complexity index is 1960. The first-order valence-electron chi connectivity index (χ1n) is 13.5. The van der Waals surface area contributed by atoms with Crippen molar-refractivity contribution in [2.45, 2.75) is 43.5 Å². The van der Waals surface area contributed by atoms with Gasteiger partial charge in [-0.15, -0.1) is 0 Å². The van der Waals surface area contributed by atoms with E-state index in [1.54, 1.807) is 42.5 Å². The van der Waals surface area contributed by atoms with Gasteiger partial charge < -0.3 is 14.7 Å². The molecule has 1 fully saturated rings. The maximum Gasteiger partial charge on any atom is 0.267 e. The highest BCUT2D eigenvalue weighted by Gasteiger charge is 2.33. The number of nitrogens with one attached hydrogen (secondary N) is 1. The Labute approximate surface area is 250 Å². The molecule has 0 aliphatic heterocycles. The fourth-order valence-electron chi connectivity index (χ4n) is 5.14. The van der Waals surface area contributed by atoms with Crippen LogP contribution in [0.1, 0.15) is 63.6 Å². The molecule has 2 aromatic heterocycles. The quantitative estimate of drug-likeness (QED) is 0.209. The molecule has 0 radical (unpaired) electrons. The zero-order chi connectivity index (χ0) is 29.6. The first-order valence-corrected chi connectivity index (χ1v) is 15.8. The number of primary amides is 1. The molecule has 9 nitrogen and oxygen atoms in total. The van der Waals surface area contributed by atoms with Crippen molar-refractivity contribution >= 4 is 48.7 Å². The monoisotopic (exact) mass is 646 g/mol. The molecule has 3 aromatic carbocycles. The van der Waals surface area contributed by atoms with E-state index in [9.17, 15) is 18.0 Å². The minimum Gasteiger partial charge on any atom is -0.455 e. The zero-order valence-electron chi connectivity index (χ0n) is 22.6. The average molecular weight is 648 g/mol. The van der Waals surface area contributed by atoms with Gasteiger partial charge in [-0.3, -0.25) is 9.59 Å². The van der Waals surface area contributed by atoms with Crippen molar-refractivity contribution in [3.8, 4) is 11.3 Å². The molecule has 0 unspecified atom stereocenters. The number of imidazole rings is 1. The van der Waals surface area contributed by atoms with Gasteiger partial charge in [-0.25, -0.2) is 18.1 Å². The van der Waals surface area contributed by atoms with E-state index >= 15 is 0 Å². The third-order valence-electron chi connectivity index (χ3n) is 7.32. The minimum atomic E-state index is -4.07. The van der Waals surface area contributed by atoms with Gasteiger partial charge in [0.25, 0.3) is 21.8 Å². The van der Waals surface area contributed by atoms with Gasteiger partial charge in [0, 0.05) is 29.8 Å². The fourth-order valence-corrected chi connectivity index (χ4v) is 6.74. The van der Waals surface area contributed by atoms with E-state index in [4.69, 9.17) is 15.1 Å². The van der Waals surface area contributed by atoms with E-state index in [0.717, 1.165) is 35.3 Å². The van der Waals surface area contributed by atoms with Gasteiger partial charge in [-0.1, -0.05) is 49.4 Å². The highest BCUT2D eigenvalue weighted by Crippen LogP contribution is 2.42. The number of amides is 2. The molecule has 1 aliphatic carbocycles. The van der Waals surface area contributed by atoms with Crippen LogP contribution in [0.2, 0.25) is 0 Å². The second-order valence-corrected chi connectivity index (χ2v) is 12.7. The number of nitrogens with two attached hydrogens (primary N) is 1. The number of nitrogens with zero attached hydrogens (tertiary/aromatic N) is 2. The molecule has 1 saturated carbocycles. The van der Waals surface area contributed by atoms with Crippen molar-refractivity contribution in [3.63, 3.8) is 0 Å². The topological polar surface area (TPSA) is 137 Å². The van der Waals surface area contributed by atoms with Crippen molar-refractivity contribution < 1.29 is 22.4 Å². The number of fused-ring (bicyclic) bond motifs is 1.